The van der Waals surface area contributed by atoms with Crippen molar-refractivity contribution in [3.8, 4) is 0 Å². The lowest BCUT2D eigenvalue weighted by atomic mass is 10.1. The fourth-order valence-electron chi connectivity index (χ4n) is 1.16. The molecule has 0 heterocycles. The molecule has 1 aromatic rings. The van der Waals surface area contributed by atoms with Crippen molar-refractivity contribution in [2.75, 3.05) is 25.6 Å². The van der Waals surface area contributed by atoms with Gasteiger partial charge in [0.1, 0.15) is 0 Å². The maximum Gasteiger partial charge on any atom is 0.0635 e. The fourth-order valence-corrected chi connectivity index (χ4v) is 1.16. The number of nitrogens with one attached hydrogen (secondary N) is 1. The van der Waals surface area contributed by atoms with Crippen molar-refractivity contribution in [1.29, 1.82) is 0 Å². The van der Waals surface area contributed by atoms with E-state index >= 15 is 0 Å². The average Bonchev–Trinajstić information content (AvgIpc) is 2.19. The molecule has 0 aliphatic heterocycles. The Bertz CT molecular complexity index is 230. The van der Waals surface area contributed by atoms with Crippen LogP contribution in [0.15, 0.2) is 24.3 Å². The maximum absolute atomic E-state index is 4.95. The monoisotopic (exact) mass is 179 g/mol. The zero-order chi connectivity index (χ0) is 9.52. The van der Waals surface area contributed by atoms with Crippen molar-refractivity contribution in [1.82, 2.24) is 0 Å². The molecule has 72 valence electrons. The molecule has 0 aliphatic carbocycles. The Hall–Kier alpha value is -1.02. The van der Waals surface area contributed by atoms with Gasteiger partial charge in [-0.05, 0) is 24.1 Å². The minimum atomic E-state index is 0.746. The van der Waals surface area contributed by atoms with Gasteiger partial charge in [0.05, 0.1) is 6.61 Å². The van der Waals surface area contributed by atoms with Crippen molar-refractivity contribution in [3.05, 3.63) is 29.8 Å². The number of hydrogen-bond acceptors (Lipinski definition) is 2. The van der Waals surface area contributed by atoms with E-state index in [4.69, 9.17) is 4.74 Å². The van der Waals surface area contributed by atoms with Crippen LogP contribution in [0.3, 0.4) is 0 Å². The summed E-state index contributed by atoms with van der Waals surface area (Å²) < 4.78 is 4.95. The summed E-state index contributed by atoms with van der Waals surface area (Å²) in [6, 6.07) is 8.51. The first-order valence-electron chi connectivity index (χ1n) is 4.68. The summed E-state index contributed by atoms with van der Waals surface area (Å²) in [4.78, 5) is 0. The topological polar surface area (TPSA) is 21.3 Å². The van der Waals surface area contributed by atoms with Gasteiger partial charge in [-0.3, -0.25) is 0 Å². The van der Waals surface area contributed by atoms with E-state index < -0.39 is 0 Å². The highest BCUT2D eigenvalue weighted by Crippen LogP contribution is 2.09. The minimum absolute atomic E-state index is 0.746. The van der Waals surface area contributed by atoms with Gasteiger partial charge in [0.15, 0.2) is 0 Å². The highest BCUT2D eigenvalue weighted by molar-refractivity contribution is 5.44. The smallest absolute Gasteiger partial charge is 0.0635 e. The van der Waals surface area contributed by atoms with Crippen LogP contribution in [0.25, 0.3) is 0 Å². The highest BCUT2D eigenvalue weighted by Gasteiger charge is 1.91. The van der Waals surface area contributed by atoms with Crippen LogP contribution in [0.1, 0.15) is 12.5 Å². The zero-order valence-electron chi connectivity index (χ0n) is 8.34. The van der Waals surface area contributed by atoms with Gasteiger partial charge in [0.2, 0.25) is 0 Å². The maximum atomic E-state index is 4.95. The molecule has 0 atom stereocenters. The molecule has 0 amide bonds. The van der Waals surface area contributed by atoms with Crippen LogP contribution in [0.2, 0.25) is 0 Å². The Balaban J connectivity index is 2.40. The lowest BCUT2D eigenvalue weighted by Gasteiger charge is -2.05. The molecule has 0 saturated carbocycles. The van der Waals surface area contributed by atoms with Crippen LogP contribution >= 0.6 is 0 Å². The third kappa shape index (κ3) is 3.47. The summed E-state index contributed by atoms with van der Waals surface area (Å²) in [5.41, 5.74) is 2.53. The summed E-state index contributed by atoms with van der Waals surface area (Å²) in [6.07, 6.45) is 1.10. The van der Waals surface area contributed by atoms with Crippen LogP contribution in [-0.4, -0.2) is 20.3 Å². The van der Waals surface area contributed by atoms with Crippen molar-refractivity contribution in [2.45, 2.75) is 13.3 Å². The molecule has 0 spiro atoms. The van der Waals surface area contributed by atoms with Gasteiger partial charge in [-0.2, -0.15) is 0 Å². The van der Waals surface area contributed by atoms with E-state index in [1.807, 2.05) is 0 Å². The van der Waals surface area contributed by atoms with Gasteiger partial charge in [0, 0.05) is 19.3 Å². The van der Waals surface area contributed by atoms with Crippen LogP contribution in [0, 0.1) is 0 Å². The number of benzene rings is 1. The summed E-state index contributed by atoms with van der Waals surface area (Å²) in [7, 11) is 1.71. The number of rotatable bonds is 5. The second-order valence-corrected chi connectivity index (χ2v) is 2.97. The predicted octanol–water partition coefficient (Wildman–Crippen LogP) is 2.31. The van der Waals surface area contributed by atoms with E-state index in [0.29, 0.717) is 0 Å². The molecule has 0 aliphatic rings. The number of ether oxygens (including phenoxy) is 1. The number of methoxy groups -OCH3 is 1. The van der Waals surface area contributed by atoms with Crippen LogP contribution in [0.4, 0.5) is 5.69 Å². The Morgan fingerprint density at radius 3 is 2.46 bits per heavy atom. The first-order valence-corrected chi connectivity index (χ1v) is 4.68. The molecule has 0 bridgehead atoms. The summed E-state index contributed by atoms with van der Waals surface area (Å²) in [6.45, 7) is 3.77. The molecule has 0 radical (unpaired) electrons. The van der Waals surface area contributed by atoms with Crippen molar-refractivity contribution in [3.63, 3.8) is 0 Å². The highest BCUT2D eigenvalue weighted by atomic mass is 16.5. The van der Waals surface area contributed by atoms with Gasteiger partial charge < -0.3 is 10.1 Å². The van der Waals surface area contributed by atoms with Crippen LogP contribution in [0.5, 0.6) is 0 Å². The van der Waals surface area contributed by atoms with Crippen molar-refractivity contribution in [2.24, 2.45) is 0 Å². The second-order valence-electron chi connectivity index (χ2n) is 2.97. The van der Waals surface area contributed by atoms with Crippen molar-refractivity contribution < 1.29 is 4.74 Å². The quantitative estimate of drug-likeness (QED) is 0.700. The molecule has 2 nitrogen and oxygen atoms in total. The molecular formula is C11H17NO. The molecular weight excluding hydrogens is 162 g/mol. The van der Waals surface area contributed by atoms with E-state index in [9.17, 15) is 0 Å². The average molecular weight is 179 g/mol. The summed E-state index contributed by atoms with van der Waals surface area (Å²) in [5.74, 6) is 0. The van der Waals surface area contributed by atoms with Crippen LogP contribution < -0.4 is 5.32 Å². The summed E-state index contributed by atoms with van der Waals surface area (Å²) >= 11 is 0. The van der Waals surface area contributed by atoms with Crippen LogP contribution in [-0.2, 0) is 11.2 Å². The summed E-state index contributed by atoms with van der Waals surface area (Å²) in [5, 5.41) is 3.27. The number of anilines is 1. The lowest BCUT2D eigenvalue weighted by Crippen LogP contribution is -2.07. The van der Waals surface area contributed by atoms with Crippen molar-refractivity contribution >= 4 is 5.69 Å². The van der Waals surface area contributed by atoms with E-state index in [0.717, 1.165) is 25.3 Å². The first-order chi connectivity index (χ1) is 6.36. The van der Waals surface area contributed by atoms with E-state index in [-0.39, 0.29) is 0 Å². The third-order valence-corrected chi connectivity index (χ3v) is 2.00. The van der Waals surface area contributed by atoms with E-state index in [1.165, 1.54) is 5.56 Å². The third-order valence-electron chi connectivity index (χ3n) is 2.00. The fraction of sp³-hybridized carbons (Fsp3) is 0.455. The Morgan fingerprint density at radius 1 is 1.23 bits per heavy atom. The molecule has 0 aromatic heterocycles. The molecule has 2 heteroatoms. The van der Waals surface area contributed by atoms with E-state index in [2.05, 4.69) is 36.5 Å². The molecule has 1 rings (SSSR count). The molecule has 1 aromatic carbocycles. The van der Waals surface area contributed by atoms with Gasteiger partial charge in [-0.25, -0.2) is 0 Å². The molecule has 13 heavy (non-hydrogen) atoms. The largest absolute Gasteiger partial charge is 0.383 e. The minimum Gasteiger partial charge on any atom is -0.383 e. The standard InChI is InChI=1S/C11H17NO/c1-3-10-4-6-11(7-5-10)12-8-9-13-2/h4-7,12H,3,8-9H2,1-2H3. The predicted molar refractivity (Wildman–Crippen MR) is 56.2 cm³/mol. The molecule has 0 saturated heterocycles. The number of aryl methyl sites for hydroxylation is 1. The van der Waals surface area contributed by atoms with E-state index in [1.54, 1.807) is 7.11 Å². The Morgan fingerprint density at radius 2 is 1.92 bits per heavy atom. The SMILES string of the molecule is CCc1ccc(NCCOC)cc1. The van der Waals surface area contributed by atoms with Gasteiger partial charge in [-0.1, -0.05) is 19.1 Å². The van der Waals surface area contributed by atoms with Gasteiger partial charge in [-0.15, -0.1) is 0 Å². The Kier molecular flexibility index (Phi) is 4.33. The number of hydrogen-bond donors (Lipinski definition) is 1. The lowest BCUT2D eigenvalue weighted by molar-refractivity contribution is 0.211. The molecule has 1 N–H and O–H groups in total. The molecule has 0 unspecified atom stereocenters. The molecule has 0 fully saturated rings. The second kappa shape index (κ2) is 5.60. The normalized spacial score (nSPS) is 10.0. The zero-order valence-corrected chi connectivity index (χ0v) is 8.34. The van der Waals surface area contributed by atoms with Gasteiger partial charge >= 0.3 is 0 Å². The van der Waals surface area contributed by atoms with Gasteiger partial charge in [0.25, 0.3) is 0 Å². The first kappa shape index (κ1) is 10.1. The Labute approximate surface area is 79.9 Å².